The first-order chi connectivity index (χ1) is 17.8. The topological polar surface area (TPSA) is 52.7 Å². The molecule has 2 aliphatic rings. The number of aryl methyl sites for hydroxylation is 1. The van der Waals surface area contributed by atoms with Crippen molar-refractivity contribution in [2.45, 2.75) is 103 Å². The number of nitrogens with zero attached hydrogens (tertiary/aromatic N) is 2. The van der Waals surface area contributed by atoms with Crippen molar-refractivity contribution in [1.82, 2.24) is 4.90 Å². The van der Waals surface area contributed by atoms with E-state index in [1.165, 1.54) is 24.8 Å². The molecule has 0 atom stereocenters. The van der Waals surface area contributed by atoms with Gasteiger partial charge in [0.1, 0.15) is 6.54 Å². The Balaban J connectivity index is 1.56. The number of benzene rings is 2. The van der Waals surface area contributed by atoms with Gasteiger partial charge in [0.2, 0.25) is 5.91 Å². The van der Waals surface area contributed by atoms with Gasteiger partial charge < -0.3 is 10.2 Å². The van der Waals surface area contributed by atoms with Crippen LogP contribution in [-0.2, 0) is 11.2 Å². The van der Waals surface area contributed by atoms with Gasteiger partial charge in [-0.3, -0.25) is 9.69 Å². The second-order valence-electron chi connectivity index (χ2n) is 11.7. The highest BCUT2D eigenvalue weighted by atomic mass is 16.2. The van der Waals surface area contributed by atoms with Crippen LogP contribution >= 0.6 is 0 Å². The molecule has 0 bridgehead atoms. The van der Waals surface area contributed by atoms with Crippen molar-refractivity contribution in [1.29, 1.82) is 0 Å². The van der Waals surface area contributed by atoms with Gasteiger partial charge in [-0.1, -0.05) is 90.6 Å². The number of anilines is 2. The average molecular weight is 504 g/mol. The maximum absolute atomic E-state index is 13.8. The zero-order chi connectivity index (χ0) is 26.6. The molecule has 5 nitrogen and oxygen atoms in total. The van der Waals surface area contributed by atoms with Crippen LogP contribution in [-0.4, -0.2) is 35.5 Å². The van der Waals surface area contributed by atoms with Crippen LogP contribution in [0.5, 0.6) is 0 Å². The van der Waals surface area contributed by atoms with E-state index < -0.39 is 0 Å². The Hall–Kier alpha value is -2.82. The minimum absolute atomic E-state index is 0.0421. The van der Waals surface area contributed by atoms with Crippen molar-refractivity contribution in [3.8, 4) is 0 Å². The molecule has 5 heteroatoms. The van der Waals surface area contributed by atoms with Gasteiger partial charge in [0.25, 0.3) is 0 Å². The summed E-state index contributed by atoms with van der Waals surface area (Å²) in [5.74, 6) is 0.471. The third-order valence-electron chi connectivity index (χ3n) is 8.19. The predicted molar refractivity (Wildman–Crippen MR) is 154 cm³/mol. The van der Waals surface area contributed by atoms with E-state index in [2.05, 4.69) is 82.4 Å². The molecule has 2 aromatic rings. The molecule has 2 fully saturated rings. The molecular weight excluding hydrogens is 458 g/mol. The number of urea groups is 1. The lowest BCUT2D eigenvalue weighted by atomic mass is 9.81. The molecule has 2 aromatic carbocycles. The Morgan fingerprint density at radius 2 is 1.57 bits per heavy atom. The summed E-state index contributed by atoms with van der Waals surface area (Å²) in [6.45, 7) is 11.5. The van der Waals surface area contributed by atoms with E-state index in [1.807, 2.05) is 4.90 Å². The van der Waals surface area contributed by atoms with E-state index in [0.29, 0.717) is 18.4 Å². The molecule has 3 amide bonds. The fourth-order valence-electron chi connectivity index (χ4n) is 6.18. The van der Waals surface area contributed by atoms with Crippen molar-refractivity contribution in [2.75, 3.05) is 23.3 Å². The van der Waals surface area contributed by atoms with E-state index in [1.54, 1.807) is 4.90 Å². The van der Waals surface area contributed by atoms with Crippen molar-refractivity contribution >= 4 is 23.3 Å². The second-order valence-corrected chi connectivity index (χ2v) is 11.7. The molecule has 0 radical (unpaired) electrons. The van der Waals surface area contributed by atoms with E-state index in [4.69, 9.17) is 0 Å². The predicted octanol–water partition coefficient (Wildman–Crippen LogP) is 7.86. The first-order valence-electron chi connectivity index (χ1n) is 14.4. The number of carbonyl (C=O) groups is 2. The van der Waals surface area contributed by atoms with Crippen LogP contribution in [0.3, 0.4) is 0 Å². The van der Waals surface area contributed by atoms with Crippen molar-refractivity contribution in [3.63, 3.8) is 0 Å². The van der Waals surface area contributed by atoms with Gasteiger partial charge in [0.05, 0.1) is 5.54 Å². The molecule has 1 saturated heterocycles. The number of nitrogens with one attached hydrogen (secondary N) is 1. The zero-order valence-corrected chi connectivity index (χ0v) is 23.5. The summed E-state index contributed by atoms with van der Waals surface area (Å²) in [7, 11) is 0. The number of hydrogen-bond donors (Lipinski definition) is 1. The molecule has 37 heavy (non-hydrogen) atoms. The largest absolute Gasteiger partial charge is 0.325 e. The van der Waals surface area contributed by atoms with E-state index in [9.17, 15) is 9.59 Å². The van der Waals surface area contributed by atoms with Gasteiger partial charge in [-0.25, -0.2) is 4.79 Å². The van der Waals surface area contributed by atoms with Crippen LogP contribution in [0.4, 0.5) is 16.2 Å². The molecule has 0 aromatic heterocycles. The van der Waals surface area contributed by atoms with Gasteiger partial charge in [0, 0.05) is 17.9 Å². The van der Waals surface area contributed by atoms with E-state index in [-0.39, 0.29) is 24.0 Å². The molecular formula is C32H45N3O2. The fourth-order valence-corrected chi connectivity index (χ4v) is 6.18. The fraction of sp³-hybridized carbons (Fsp3) is 0.562. The lowest BCUT2D eigenvalue weighted by Gasteiger charge is -2.40. The Labute approximate surface area is 223 Å². The SMILES string of the molecule is CCCCc1ccc(N2C(=O)N(CC(=O)Nc3c(C(C)C)cccc3C(C)C)CC23CCCCC3)cc1. The number of rotatable bonds is 9. The molecule has 1 saturated carbocycles. The van der Waals surface area contributed by atoms with Crippen LogP contribution in [0.1, 0.15) is 108 Å². The Morgan fingerprint density at radius 3 is 2.14 bits per heavy atom. The lowest BCUT2D eigenvalue weighted by Crippen LogP contribution is -2.48. The monoisotopic (exact) mass is 503 g/mol. The summed E-state index contributed by atoms with van der Waals surface area (Å²) in [6, 6.07) is 14.8. The van der Waals surface area contributed by atoms with Gasteiger partial charge >= 0.3 is 6.03 Å². The Bertz CT molecular complexity index is 1060. The van der Waals surface area contributed by atoms with Crippen LogP contribution < -0.4 is 10.2 Å². The number of hydrogen-bond acceptors (Lipinski definition) is 2. The smallest absolute Gasteiger partial charge is 0.324 e. The summed E-state index contributed by atoms with van der Waals surface area (Å²) in [5.41, 5.74) is 5.25. The minimum atomic E-state index is -0.223. The number of unbranched alkanes of at least 4 members (excludes halogenated alkanes) is 1. The summed E-state index contributed by atoms with van der Waals surface area (Å²) in [6.07, 6.45) is 8.85. The molecule has 1 N–H and O–H groups in total. The van der Waals surface area contributed by atoms with Crippen molar-refractivity contribution in [2.24, 2.45) is 0 Å². The first kappa shape index (κ1) is 27.2. The van der Waals surface area contributed by atoms with E-state index >= 15 is 0 Å². The average Bonchev–Trinajstić information content (AvgIpc) is 3.13. The minimum Gasteiger partial charge on any atom is -0.324 e. The highest BCUT2D eigenvalue weighted by molar-refractivity contribution is 6.01. The number of carbonyl (C=O) groups excluding carboxylic acids is 2. The molecule has 1 aliphatic heterocycles. The first-order valence-corrected chi connectivity index (χ1v) is 14.4. The molecule has 1 heterocycles. The normalized spacial score (nSPS) is 17.3. The van der Waals surface area contributed by atoms with Gasteiger partial charge in [-0.05, 0) is 66.3 Å². The quantitative estimate of drug-likeness (QED) is 0.379. The van der Waals surface area contributed by atoms with Crippen molar-refractivity contribution < 1.29 is 9.59 Å². The third-order valence-corrected chi connectivity index (χ3v) is 8.19. The standard InChI is InChI=1S/C32H45N3O2/c1-6-7-12-25-15-17-26(18-16-25)35-31(37)34(22-32(35)19-9-8-10-20-32)21-29(36)33-30-27(23(2)3)13-11-14-28(30)24(4)5/h11,13-18,23-24H,6-10,12,19-22H2,1-5H3,(H,33,36). The Kier molecular flexibility index (Phi) is 8.61. The second kappa shape index (κ2) is 11.7. The summed E-state index contributed by atoms with van der Waals surface area (Å²) in [5, 5.41) is 3.21. The maximum atomic E-state index is 13.8. The Morgan fingerprint density at radius 1 is 0.946 bits per heavy atom. The summed E-state index contributed by atoms with van der Waals surface area (Å²) < 4.78 is 0. The molecule has 200 valence electrons. The van der Waals surface area contributed by atoms with Crippen LogP contribution in [0.25, 0.3) is 0 Å². The highest BCUT2D eigenvalue weighted by Crippen LogP contribution is 2.42. The van der Waals surface area contributed by atoms with Crippen LogP contribution in [0, 0.1) is 0 Å². The molecule has 4 rings (SSSR count). The summed E-state index contributed by atoms with van der Waals surface area (Å²) in [4.78, 5) is 31.0. The van der Waals surface area contributed by atoms with Gasteiger partial charge in [0.15, 0.2) is 0 Å². The molecule has 1 spiro atoms. The zero-order valence-electron chi connectivity index (χ0n) is 23.5. The number of para-hydroxylation sites is 1. The van der Waals surface area contributed by atoms with Gasteiger partial charge in [-0.15, -0.1) is 0 Å². The summed E-state index contributed by atoms with van der Waals surface area (Å²) >= 11 is 0. The lowest BCUT2D eigenvalue weighted by molar-refractivity contribution is -0.116. The maximum Gasteiger partial charge on any atom is 0.325 e. The van der Waals surface area contributed by atoms with Gasteiger partial charge in [-0.2, -0.15) is 0 Å². The molecule has 1 aliphatic carbocycles. The van der Waals surface area contributed by atoms with Crippen LogP contribution in [0.2, 0.25) is 0 Å². The molecule has 0 unspecified atom stereocenters. The van der Waals surface area contributed by atoms with E-state index in [0.717, 1.165) is 54.6 Å². The highest BCUT2D eigenvalue weighted by Gasteiger charge is 2.50. The number of amides is 3. The third kappa shape index (κ3) is 5.86. The van der Waals surface area contributed by atoms with Crippen LogP contribution in [0.15, 0.2) is 42.5 Å². The van der Waals surface area contributed by atoms with Crippen molar-refractivity contribution in [3.05, 3.63) is 59.2 Å².